The van der Waals surface area contributed by atoms with E-state index in [9.17, 15) is 0 Å². The summed E-state index contributed by atoms with van der Waals surface area (Å²) in [6.07, 6.45) is 9.21. The van der Waals surface area contributed by atoms with Crippen LogP contribution in [0.1, 0.15) is 41.3 Å². The summed E-state index contributed by atoms with van der Waals surface area (Å²) < 4.78 is 1.88. The molecule has 3 aromatic rings. The summed E-state index contributed by atoms with van der Waals surface area (Å²) >= 11 is 0. The van der Waals surface area contributed by atoms with Crippen molar-refractivity contribution in [3.63, 3.8) is 0 Å². The number of pyridine rings is 1. The van der Waals surface area contributed by atoms with E-state index in [1.807, 2.05) is 29.2 Å². The summed E-state index contributed by atoms with van der Waals surface area (Å²) in [6, 6.07) is 15.4. The van der Waals surface area contributed by atoms with Crippen LogP contribution in [-0.4, -0.2) is 14.8 Å². The molecule has 0 bridgehead atoms. The fraction of sp³-hybridized carbons (Fsp3) is 0.333. The Morgan fingerprint density at radius 1 is 1.00 bits per heavy atom. The molecular formula is C21H25N5. The van der Waals surface area contributed by atoms with E-state index in [4.69, 9.17) is 0 Å². The molecule has 0 radical (unpaired) electrons. The Bertz CT molecular complexity index is 811. The average molecular weight is 347 g/mol. The van der Waals surface area contributed by atoms with Gasteiger partial charge in [0.05, 0.1) is 18.4 Å². The summed E-state index contributed by atoms with van der Waals surface area (Å²) in [5, 5.41) is 11.3. The summed E-state index contributed by atoms with van der Waals surface area (Å²) in [5.74, 6) is 0. The molecule has 1 unspecified atom stereocenters. The normalized spacial score (nSPS) is 16.4. The zero-order valence-corrected chi connectivity index (χ0v) is 14.9. The number of benzene rings is 1. The first-order valence-electron chi connectivity index (χ1n) is 9.31. The second-order valence-electron chi connectivity index (χ2n) is 6.82. The fourth-order valence-electron chi connectivity index (χ4n) is 3.53. The van der Waals surface area contributed by atoms with Crippen molar-refractivity contribution < 1.29 is 0 Å². The Kier molecular flexibility index (Phi) is 5.38. The van der Waals surface area contributed by atoms with Crippen molar-refractivity contribution in [3.05, 3.63) is 83.4 Å². The molecule has 1 aliphatic rings. The third kappa shape index (κ3) is 4.18. The van der Waals surface area contributed by atoms with Crippen LogP contribution in [0.3, 0.4) is 0 Å². The highest BCUT2D eigenvalue weighted by Crippen LogP contribution is 2.27. The fourth-order valence-corrected chi connectivity index (χ4v) is 3.53. The van der Waals surface area contributed by atoms with E-state index >= 15 is 0 Å². The van der Waals surface area contributed by atoms with Gasteiger partial charge in [-0.2, -0.15) is 5.10 Å². The minimum absolute atomic E-state index is 0.371. The van der Waals surface area contributed by atoms with Crippen LogP contribution in [0.5, 0.6) is 0 Å². The predicted octanol–water partition coefficient (Wildman–Crippen LogP) is 3.19. The predicted molar refractivity (Wildman–Crippen MR) is 102 cm³/mol. The van der Waals surface area contributed by atoms with Crippen LogP contribution in [0.25, 0.3) is 0 Å². The monoisotopic (exact) mass is 347 g/mol. The van der Waals surface area contributed by atoms with Crippen molar-refractivity contribution in [1.82, 2.24) is 25.4 Å². The molecule has 2 heterocycles. The third-order valence-electron chi connectivity index (χ3n) is 4.93. The molecule has 1 atom stereocenters. The first kappa shape index (κ1) is 16.9. The zero-order chi connectivity index (χ0) is 17.6. The van der Waals surface area contributed by atoms with E-state index < -0.39 is 0 Å². The summed E-state index contributed by atoms with van der Waals surface area (Å²) in [4.78, 5) is 4.60. The van der Waals surface area contributed by atoms with E-state index in [1.165, 1.54) is 35.2 Å². The maximum Gasteiger partial charge on any atom is 0.0906 e. The van der Waals surface area contributed by atoms with Crippen molar-refractivity contribution in [2.75, 3.05) is 0 Å². The lowest BCUT2D eigenvalue weighted by atomic mass is 9.92. The molecule has 26 heavy (non-hydrogen) atoms. The van der Waals surface area contributed by atoms with Crippen LogP contribution < -0.4 is 10.6 Å². The largest absolute Gasteiger partial charge is 0.305 e. The maximum absolute atomic E-state index is 4.60. The van der Waals surface area contributed by atoms with Crippen LogP contribution in [0.15, 0.2) is 61.1 Å². The van der Waals surface area contributed by atoms with E-state index in [2.05, 4.69) is 51.0 Å². The van der Waals surface area contributed by atoms with E-state index in [0.29, 0.717) is 6.04 Å². The topological polar surface area (TPSA) is 54.8 Å². The molecule has 0 aliphatic heterocycles. The van der Waals surface area contributed by atoms with Crippen LogP contribution in [-0.2, 0) is 26.2 Å². The van der Waals surface area contributed by atoms with Crippen molar-refractivity contribution in [3.8, 4) is 0 Å². The van der Waals surface area contributed by atoms with Crippen LogP contribution in [0, 0.1) is 0 Å². The number of fused-ring (bicyclic) bond motifs is 1. The summed E-state index contributed by atoms with van der Waals surface area (Å²) in [7, 11) is 0. The Hall–Kier alpha value is -2.50. The molecule has 0 amide bonds. The average Bonchev–Trinajstić information content (AvgIpc) is 3.21. The van der Waals surface area contributed by atoms with E-state index in [0.717, 1.165) is 26.2 Å². The van der Waals surface area contributed by atoms with Gasteiger partial charge in [0.2, 0.25) is 0 Å². The lowest BCUT2D eigenvalue weighted by Crippen LogP contribution is -2.25. The van der Waals surface area contributed by atoms with Gasteiger partial charge in [-0.3, -0.25) is 15.0 Å². The molecule has 2 N–H and O–H groups in total. The van der Waals surface area contributed by atoms with Gasteiger partial charge in [0.1, 0.15) is 0 Å². The van der Waals surface area contributed by atoms with Crippen molar-refractivity contribution in [2.45, 2.75) is 45.1 Å². The van der Waals surface area contributed by atoms with Gasteiger partial charge < -0.3 is 5.32 Å². The lowest BCUT2D eigenvalue weighted by Gasteiger charge is -2.25. The first-order chi connectivity index (χ1) is 12.9. The Morgan fingerprint density at radius 2 is 1.85 bits per heavy atom. The maximum atomic E-state index is 4.60. The smallest absolute Gasteiger partial charge is 0.0906 e. The van der Waals surface area contributed by atoms with Gasteiger partial charge in [0.15, 0.2) is 0 Å². The highest BCUT2D eigenvalue weighted by atomic mass is 15.3. The summed E-state index contributed by atoms with van der Waals surface area (Å²) in [6.45, 7) is 2.44. The molecule has 5 heteroatoms. The van der Waals surface area contributed by atoms with Gasteiger partial charge in [0, 0.05) is 31.7 Å². The van der Waals surface area contributed by atoms with Crippen LogP contribution in [0.4, 0.5) is 0 Å². The zero-order valence-electron chi connectivity index (χ0n) is 14.9. The number of nitrogens with zero attached hydrogens (tertiary/aromatic N) is 3. The highest BCUT2D eigenvalue weighted by molar-refractivity contribution is 5.26. The molecule has 1 aliphatic carbocycles. The minimum atomic E-state index is 0.371. The SMILES string of the molecule is c1cnc2c(c1)CCCC2NCc1ccc(CNCn2cccn2)cc1. The molecule has 4 rings (SSSR count). The van der Waals surface area contributed by atoms with Crippen LogP contribution >= 0.6 is 0 Å². The lowest BCUT2D eigenvalue weighted by molar-refractivity contribution is 0.447. The molecule has 1 aromatic carbocycles. The minimum Gasteiger partial charge on any atom is -0.305 e. The number of hydrogen-bond acceptors (Lipinski definition) is 4. The number of aryl methyl sites for hydroxylation is 1. The molecular weight excluding hydrogens is 322 g/mol. The molecule has 0 saturated heterocycles. The van der Waals surface area contributed by atoms with Gasteiger partial charge in [-0.1, -0.05) is 30.3 Å². The molecule has 0 spiro atoms. The second-order valence-corrected chi connectivity index (χ2v) is 6.82. The van der Waals surface area contributed by atoms with Gasteiger partial charge in [-0.15, -0.1) is 0 Å². The van der Waals surface area contributed by atoms with E-state index in [-0.39, 0.29) is 0 Å². The van der Waals surface area contributed by atoms with Gasteiger partial charge in [0.25, 0.3) is 0 Å². The number of hydrogen-bond donors (Lipinski definition) is 2. The Balaban J connectivity index is 1.28. The van der Waals surface area contributed by atoms with Crippen molar-refractivity contribution in [1.29, 1.82) is 0 Å². The Morgan fingerprint density at radius 3 is 2.65 bits per heavy atom. The molecule has 134 valence electrons. The van der Waals surface area contributed by atoms with E-state index in [1.54, 1.807) is 6.20 Å². The first-order valence-corrected chi connectivity index (χ1v) is 9.31. The number of nitrogens with one attached hydrogen (secondary N) is 2. The number of aromatic nitrogens is 3. The summed E-state index contributed by atoms with van der Waals surface area (Å²) in [5.41, 5.74) is 5.22. The molecule has 2 aromatic heterocycles. The molecule has 0 saturated carbocycles. The van der Waals surface area contributed by atoms with Crippen molar-refractivity contribution in [2.24, 2.45) is 0 Å². The van der Waals surface area contributed by atoms with Gasteiger partial charge >= 0.3 is 0 Å². The van der Waals surface area contributed by atoms with Crippen LogP contribution in [0.2, 0.25) is 0 Å². The standard InChI is InChI=1S/C21H25N5/c1-4-19-5-2-11-23-21(19)20(6-1)24-15-18-9-7-17(8-10-18)14-22-16-26-13-3-12-25-26/h2-3,5,7-13,20,22,24H,1,4,6,14-16H2. The molecule has 5 nitrogen and oxygen atoms in total. The van der Waals surface area contributed by atoms with Gasteiger partial charge in [-0.25, -0.2) is 0 Å². The van der Waals surface area contributed by atoms with Crippen molar-refractivity contribution >= 4 is 0 Å². The molecule has 0 fully saturated rings. The Labute approximate surface area is 154 Å². The second kappa shape index (κ2) is 8.25. The number of rotatable bonds is 7. The quantitative estimate of drug-likeness (QED) is 0.689. The van der Waals surface area contributed by atoms with Gasteiger partial charge in [-0.05, 0) is 48.1 Å². The highest BCUT2D eigenvalue weighted by Gasteiger charge is 2.20. The third-order valence-corrected chi connectivity index (χ3v) is 4.93.